The Hall–Kier alpha value is -2.97. The largest absolute Gasteiger partial charge is 0.573 e. The molecule has 1 aromatic carbocycles. The van der Waals surface area contributed by atoms with Crippen LogP contribution in [0.15, 0.2) is 36.5 Å². The normalized spacial score (nSPS) is 21.8. The molecule has 0 aliphatic carbocycles. The Kier molecular flexibility index (Phi) is 8.11. The van der Waals surface area contributed by atoms with Crippen molar-refractivity contribution in [2.45, 2.75) is 64.6 Å². The van der Waals surface area contributed by atoms with Gasteiger partial charge in [-0.15, -0.1) is 13.2 Å². The van der Waals surface area contributed by atoms with E-state index < -0.39 is 40.2 Å². The van der Waals surface area contributed by atoms with Gasteiger partial charge in [0, 0.05) is 31.4 Å². The first-order valence-corrected chi connectivity index (χ1v) is 13.9. The Morgan fingerprint density at radius 1 is 1.26 bits per heavy atom. The lowest BCUT2D eigenvalue weighted by atomic mass is 9.97. The molecular formula is C25H31F4N5O4S. The van der Waals surface area contributed by atoms with Crippen LogP contribution in [-0.2, 0) is 16.8 Å². The summed E-state index contributed by atoms with van der Waals surface area (Å²) in [5.74, 6) is -2.19. The zero-order valence-electron chi connectivity index (χ0n) is 21.8. The molecule has 2 aliphatic heterocycles. The number of nitrogens with zero attached hydrogens (tertiary/aromatic N) is 3. The summed E-state index contributed by atoms with van der Waals surface area (Å²) in [6.45, 7) is 6.93. The second-order valence-electron chi connectivity index (χ2n) is 10.5. The molecule has 2 aromatic rings. The van der Waals surface area contributed by atoms with Gasteiger partial charge < -0.3 is 9.64 Å². The van der Waals surface area contributed by atoms with E-state index in [1.165, 1.54) is 12.1 Å². The lowest BCUT2D eigenvalue weighted by molar-refractivity contribution is -0.275. The number of halogens is 4. The van der Waals surface area contributed by atoms with Gasteiger partial charge in [0.1, 0.15) is 5.82 Å². The summed E-state index contributed by atoms with van der Waals surface area (Å²) in [5, 5.41) is 2.96. The van der Waals surface area contributed by atoms with Crippen molar-refractivity contribution >= 4 is 21.9 Å². The minimum absolute atomic E-state index is 0.0614. The van der Waals surface area contributed by atoms with Gasteiger partial charge in [-0.05, 0) is 68.9 Å². The van der Waals surface area contributed by atoms with Crippen molar-refractivity contribution in [1.82, 2.24) is 19.3 Å². The molecule has 2 N–H and O–H groups in total. The van der Waals surface area contributed by atoms with Gasteiger partial charge in [-0.3, -0.25) is 10.1 Å². The lowest BCUT2D eigenvalue weighted by Gasteiger charge is -2.33. The second-order valence-corrected chi connectivity index (χ2v) is 12.1. The average Bonchev–Trinajstić information content (AvgIpc) is 3.41. The molecule has 0 saturated carbocycles. The molecule has 214 valence electrons. The van der Waals surface area contributed by atoms with Crippen LogP contribution in [0.4, 0.5) is 23.4 Å². The quantitative estimate of drug-likeness (QED) is 0.462. The number of benzene rings is 1. The first kappa shape index (κ1) is 29.0. The molecule has 4 rings (SSSR count). The van der Waals surface area contributed by atoms with E-state index in [1.807, 2.05) is 18.7 Å². The Labute approximate surface area is 224 Å². The number of carbonyl (C=O) groups is 1. The van der Waals surface area contributed by atoms with E-state index in [-0.39, 0.29) is 29.8 Å². The number of hydrogen-bond acceptors (Lipinski definition) is 7. The summed E-state index contributed by atoms with van der Waals surface area (Å²) < 4.78 is 84.8. The molecule has 2 saturated heterocycles. The van der Waals surface area contributed by atoms with E-state index in [4.69, 9.17) is 0 Å². The molecule has 2 atom stereocenters. The van der Waals surface area contributed by atoms with E-state index in [2.05, 4.69) is 26.7 Å². The van der Waals surface area contributed by atoms with Crippen LogP contribution in [0.25, 0.3) is 0 Å². The van der Waals surface area contributed by atoms with Gasteiger partial charge in [0.05, 0.1) is 11.7 Å². The Bertz CT molecular complexity index is 1320. The zero-order valence-corrected chi connectivity index (χ0v) is 22.6. The molecule has 1 aromatic heterocycles. The van der Waals surface area contributed by atoms with E-state index >= 15 is 0 Å². The van der Waals surface area contributed by atoms with Crippen LogP contribution in [0.1, 0.15) is 56.0 Å². The number of amides is 1. The first-order chi connectivity index (χ1) is 18.2. The number of anilines is 1. The van der Waals surface area contributed by atoms with Crippen molar-refractivity contribution < 1.29 is 35.5 Å². The molecule has 14 heteroatoms. The van der Waals surface area contributed by atoms with Crippen LogP contribution in [0.2, 0.25) is 0 Å². The molecule has 2 fully saturated rings. The van der Waals surface area contributed by atoms with Crippen molar-refractivity contribution in [1.29, 1.82) is 0 Å². The maximum Gasteiger partial charge on any atom is 0.573 e. The lowest BCUT2D eigenvalue weighted by Crippen LogP contribution is -2.50. The highest BCUT2D eigenvalue weighted by Crippen LogP contribution is 2.37. The summed E-state index contributed by atoms with van der Waals surface area (Å²) >= 11 is 0. The summed E-state index contributed by atoms with van der Waals surface area (Å²) in [6.07, 6.45) is -2.45. The zero-order chi connectivity index (χ0) is 28.6. The number of rotatable bonds is 8. The average molecular weight is 574 g/mol. The van der Waals surface area contributed by atoms with Crippen molar-refractivity contribution in [2.75, 3.05) is 18.0 Å². The summed E-state index contributed by atoms with van der Waals surface area (Å²) in [7, 11) is -4.29. The van der Waals surface area contributed by atoms with Crippen molar-refractivity contribution in [3.8, 4) is 5.75 Å². The molecule has 3 heterocycles. The number of alkyl halides is 3. The molecule has 0 radical (unpaired) electrons. The third kappa shape index (κ3) is 6.79. The Balaban J connectivity index is 1.46. The highest BCUT2D eigenvalue weighted by atomic mass is 32.2. The minimum atomic E-state index is -5.06. The topological polar surface area (TPSA) is 104 Å². The van der Waals surface area contributed by atoms with Gasteiger partial charge in [-0.25, -0.2) is 14.1 Å². The van der Waals surface area contributed by atoms with Crippen LogP contribution < -0.4 is 19.7 Å². The third-order valence-corrected chi connectivity index (χ3v) is 8.35. The monoisotopic (exact) mass is 573 g/mol. The highest BCUT2D eigenvalue weighted by molar-refractivity contribution is 7.87. The van der Waals surface area contributed by atoms with Crippen molar-refractivity contribution in [2.24, 2.45) is 5.92 Å². The minimum Gasteiger partial charge on any atom is -0.403 e. The smallest absolute Gasteiger partial charge is 0.403 e. The molecular weight excluding hydrogens is 542 g/mol. The third-order valence-electron chi connectivity index (χ3n) is 6.86. The van der Waals surface area contributed by atoms with Gasteiger partial charge in [-0.1, -0.05) is 13.0 Å². The molecule has 2 aliphatic rings. The summed E-state index contributed by atoms with van der Waals surface area (Å²) in [4.78, 5) is 19.6. The second kappa shape index (κ2) is 10.9. The standard InChI is InChI=1S/C25H31F4N5O4S/c1-16-13-24(2,3)33(15-16)22-18(6-4-10-30-22)23(35)32-39(36,37)34-11-5-7-21(34)31-14-17-8-9-19(26)20(12-17)38-25(27,28)29/h4,6,8-10,12,16,21,31H,5,7,11,13-15H2,1-3H3,(H,32,35)/t16-,21+/m0/s1. The SMILES string of the molecule is C[C@@H]1CN(c2ncccc2C(=O)NS(=O)(=O)N2CCC[C@@H]2NCc2ccc(F)c(OC(F)(F)F)c2)C(C)(C)C1. The van der Waals surface area contributed by atoms with E-state index in [0.29, 0.717) is 31.1 Å². The van der Waals surface area contributed by atoms with Crippen LogP contribution in [0, 0.1) is 11.7 Å². The van der Waals surface area contributed by atoms with Crippen LogP contribution >= 0.6 is 0 Å². The van der Waals surface area contributed by atoms with Crippen molar-refractivity contribution in [3.63, 3.8) is 0 Å². The molecule has 0 unspecified atom stereocenters. The first-order valence-electron chi connectivity index (χ1n) is 12.5. The molecule has 9 nitrogen and oxygen atoms in total. The Morgan fingerprint density at radius 3 is 2.67 bits per heavy atom. The maximum atomic E-state index is 13.7. The van der Waals surface area contributed by atoms with E-state index in [1.54, 1.807) is 12.3 Å². The highest BCUT2D eigenvalue weighted by Gasteiger charge is 2.40. The molecule has 0 spiro atoms. The van der Waals surface area contributed by atoms with Crippen molar-refractivity contribution in [3.05, 3.63) is 53.5 Å². The van der Waals surface area contributed by atoms with Crippen LogP contribution in [-0.4, -0.2) is 54.8 Å². The molecule has 39 heavy (non-hydrogen) atoms. The van der Waals surface area contributed by atoms with E-state index in [9.17, 15) is 30.8 Å². The fraction of sp³-hybridized carbons (Fsp3) is 0.520. The fourth-order valence-corrected chi connectivity index (χ4v) is 6.65. The van der Waals surface area contributed by atoms with Gasteiger partial charge in [-0.2, -0.15) is 12.7 Å². The number of ether oxygens (including phenoxy) is 1. The van der Waals surface area contributed by atoms with Gasteiger partial charge in [0.15, 0.2) is 11.6 Å². The van der Waals surface area contributed by atoms with Gasteiger partial charge in [0.25, 0.3) is 5.91 Å². The van der Waals surface area contributed by atoms with Gasteiger partial charge >= 0.3 is 16.6 Å². The number of hydrogen-bond donors (Lipinski definition) is 2. The number of nitrogens with one attached hydrogen (secondary N) is 2. The predicted molar refractivity (Wildman–Crippen MR) is 135 cm³/mol. The Morgan fingerprint density at radius 2 is 2.00 bits per heavy atom. The van der Waals surface area contributed by atoms with Crippen LogP contribution in [0.5, 0.6) is 5.75 Å². The number of pyridine rings is 1. The summed E-state index contributed by atoms with van der Waals surface area (Å²) in [5.41, 5.74) is 0.124. The summed E-state index contributed by atoms with van der Waals surface area (Å²) in [6, 6.07) is 6.11. The molecule has 1 amide bonds. The van der Waals surface area contributed by atoms with Crippen LogP contribution in [0.3, 0.4) is 0 Å². The predicted octanol–water partition coefficient (Wildman–Crippen LogP) is 3.93. The van der Waals surface area contributed by atoms with E-state index in [0.717, 1.165) is 22.9 Å². The molecule has 0 bridgehead atoms. The number of aromatic nitrogens is 1. The van der Waals surface area contributed by atoms with Gasteiger partial charge in [0.2, 0.25) is 0 Å². The number of carbonyl (C=O) groups excluding carboxylic acids is 1. The fourth-order valence-electron chi connectivity index (χ4n) is 5.31. The maximum absolute atomic E-state index is 13.7.